The first-order valence-corrected chi connectivity index (χ1v) is 7.63. The molecule has 106 valence electrons. The summed E-state index contributed by atoms with van der Waals surface area (Å²) in [5, 5.41) is 4.71. The minimum atomic E-state index is 0.534. The zero-order chi connectivity index (χ0) is 13.8. The average molecular weight is 302 g/mol. The highest BCUT2D eigenvalue weighted by Crippen LogP contribution is 2.26. The summed E-state index contributed by atoms with van der Waals surface area (Å²) in [5.41, 5.74) is 1.81. The Bertz CT molecular complexity index is 408. The fourth-order valence-electron chi connectivity index (χ4n) is 2.61. The zero-order valence-corrected chi connectivity index (χ0v) is 13.1. The molecule has 0 spiro atoms. The summed E-state index contributed by atoms with van der Waals surface area (Å²) < 4.78 is 0. The lowest BCUT2D eigenvalue weighted by molar-refractivity contribution is 0.166. The largest absolute Gasteiger partial charge is 0.315 e. The van der Waals surface area contributed by atoms with Gasteiger partial charge in [0.05, 0.1) is 0 Å². The number of aromatic nitrogens is 1. The minimum Gasteiger partial charge on any atom is -0.315 e. The van der Waals surface area contributed by atoms with E-state index < -0.39 is 0 Å². The highest BCUT2D eigenvalue weighted by atomic mass is 35.5. The lowest BCUT2D eigenvalue weighted by Gasteiger charge is -2.34. The Hall–Kier alpha value is -0.350. The molecule has 1 unspecified atom stereocenters. The van der Waals surface area contributed by atoms with Crippen LogP contribution in [0.5, 0.6) is 0 Å². The summed E-state index contributed by atoms with van der Waals surface area (Å²) >= 11 is 12.5. The molecule has 0 aromatic carbocycles. The Labute approximate surface area is 125 Å². The molecular weight excluding hydrogens is 281 g/mol. The number of hydrogen-bond acceptors (Lipinski definition) is 3. The molecule has 5 heteroatoms. The summed E-state index contributed by atoms with van der Waals surface area (Å²) in [4.78, 5) is 6.73. The van der Waals surface area contributed by atoms with Gasteiger partial charge in [0.1, 0.15) is 5.15 Å². The SMILES string of the molecule is CCN(Cc1c(Cl)cc(C)nc1Cl)C1CCCNC1. The Kier molecular flexibility index (Phi) is 5.46. The van der Waals surface area contributed by atoms with Gasteiger partial charge in [0.15, 0.2) is 0 Å². The molecule has 1 aromatic heterocycles. The maximum atomic E-state index is 6.31. The van der Waals surface area contributed by atoms with Gasteiger partial charge < -0.3 is 5.32 Å². The molecule has 1 aromatic rings. The lowest BCUT2D eigenvalue weighted by atomic mass is 10.1. The molecule has 19 heavy (non-hydrogen) atoms. The Morgan fingerprint density at radius 2 is 2.26 bits per heavy atom. The number of piperidine rings is 1. The van der Waals surface area contributed by atoms with E-state index in [1.807, 2.05) is 13.0 Å². The Balaban J connectivity index is 2.13. The van der Waals surface area contributed by atoms with Gasteiger partial charge in [-0.3, -0.25) is 4.90 Å². The third kappa shape index (κ3) is 3.82. The fraction of sp³-hybridized carbons (Fsp3) is 0.643. The van der Waals surface area contributed by atoms with Crippen molar-refractivity contribution in [2.24, 2.45) is 0 Å². The van der Waals surface area contributed by atoms with Gasteiger partial charge in [-0.25, -0.2) is 4.98 Å². The summed E-state index contributed by atoms with van der Waals surface area (Å²) in [6.45, 7) is 8.02. The molecule has 0 amide bonds. The maximum absolute atomic E-state index is 6.31. The first-order chi connectivity index (χ1) is 9.11. The third-order valence-corrected chi connectivity index (χ3v) is 4.35. The molecule has 1 aliphatic rings. The average Bonchev–Trinajstić information content (AvgIpc) is 2.39. The Morgan fingerprint density at radius 3 is 2.84 bits per heavy atom. The summed E-state index contributed by atoms with van der Waals surface area (Å²) in [6.07, 6.45) is 2.46. The first-order valence-electron chi connectivity index (χ1n) is 6.88. The van der Waals surface area contributed by atoms with Gasteiger partial charge in [0.2, 0.25) is 0 Å². The van der Waals surface area contributed by atoms with Crippen molar-refractivity contribution < 1.29 is 0 Å². The fourth-order valence-corrected chi connectivity index (χ4v) is 3.26. The van der Waals surface area contributed by atoms with Crippen molar-refractivity contribution in [2.45, 2.75) is 39.3 Å². The van der Waals surface area contributed by atoms with E-state index in [1.165, 1.54) is 12.8 Å². The van der Waals surface area contributed by atoms with Gasteiger partial charge >= 0.3 is 0 Å². The molecule has 2 heterocycles. The van der Waals surface area contributed by atoms with Crippen molar-refractivity contribution in [1.29, 1.82) is 0 Å². The number of rotatable bonds is 4. The number of nitrogens with zero attached hydrogens (tertiary/aromatic N) is 2. The van der Waals surface area contributed by atoms with Crippen molar-refractivity contribution in [2.75, 3.05) is 19.6 Å². The van der Waals surface area contributed by atoms with Gasteiger partial charge in [-0.15, -0.1) is 0 Å². The van der Waals surface area contributed by atoms with Crippen LogP contribution in [0.4, 0.5) is 0 Å². The number of hydrogen-bond donors (Lipinski definition) is 1. The first kappa shape index (κ1) is 15.0. The monoisotopic (exact) mass is 301 g/mol. The normalized spacial score (nSPS) is 19.9. The molecule has 0 radical (unpaired) electrons. The van der Waals surface area contributed by atoms with E-state index in [0.29, 0.717) is 11.2 Å². The molecule has 2 rings (SSSR count). The van der Waals surface area contributed by atoms with Crippen LogP contribution in [0.2, 0.25) is 10.2 Å². The molecule has 0 bridgehead atoms. The van der Waals surface area contributed by atoms with Crippen LogP contribution in [0.3, 0.4) is 0 Å². The predicted molar refractivity (Wildman–Crippen MR) is 81.0 cm³/mol. The molecule has 3 nitrogen and oxygen atoms in total. The molecule has 0 aliphatic carbocycles. The van der Waals surface area contributed by atoms with Crippen molar-refractivity contribution in [1.82, 2.24) is 15.2 Å². The summed E-state index contributed by atoms with van der Waals surface area (Å²) in [7, 11) is 0. The van der Waals surface area contributed by atoms with Crippen LogP contribution in [0.15, 0.2) is 6.07 Å². The minimum absolute atomic E-state index is 0.534. The standard InChI is InChI=1S/C14H21Cl2N3/c1-3-19(11-5-4-6-17-8-11)9-12-13(15)7-10(2)18-14(12)16/h7,11,17H,3-6,8-9H2,1-2H3. The quantitative estimate of drug-likeness (QED) is 0.865. The lowest BCUT2D eigenvalue weighted by Crippen LogP contribution is -2.45. The second kappa shape index (κ2) is 6.89. The van der Waals surface area contributed by atoms with Crippen LogP contribution < -0.4 is 5.32 Å². The van der Waals surface area contributed by atoms with Gasteiger partial charge in [-0.1, -0.05) is 30.1 Å². The molecule has 0 saturated carbocycles. The molecule has 1 atom stereocenters. The zero-order valence-electron chi connectivity index (χ0n) is 11.5. The molecule has 1 fully saturated rings. The van der Waals surface area contributed by atoms with E-state index >= 15 is 0 Å². The number of nitrogens with one attached hydrogen (secondary N) is 1. The van der Waals surface area contributed by atoms with Crippen LogP contribution in [0, 0.1) is 6.92 Å². The molecule has 1 saturated heterocycles. The van der Waals surface area contributed by atoms with E-state index in [-0.39, 0.29) is 0 Å². The number of aryl methyl sites for hydroxylation is 1. The smallest absolute Gasteiger partial charge is 0.135 e. The Morgan fingerprint density at radius 1 is 1.47 bits per heavy atom. The van der Waals surface area contributed by atoms with E-state index in [9.17, 15) is 0 Å². The van der Waals surface area contributed by atoms with E-state index in [1.54, 1.807) is 0 Å². The van der Waals surface area contributed by atoms with Crippen LogP contribution in [0.25, 0.3) is 0 Å². The maximum Gasteiger partial charge on any atom is 0.135 e. The van der Waals surface area contributed by atoms with Crippen molar-refractivity contribution in [3.63, 3.8) is 0 Å². The predicted octanol–water partition coefficient (Wildman–Crippen LogP) is 3.27. The second-order valence-corrected chi connectivity index (χ2v) is 5.84. The summed E-state index contributed by atoms with van der Waals surface area (Å²) in [5.74, 6) is 0. The molecule has 1 N–H and O–H groups in total. The highest BCUT2D eigenvalue weighted by molar-refractivity contribution is 6.35. The van der Waals surface area contributed by atoms with E-state index in [0.717, 1.165) is 42.5 Å². The highest BCUT2D eigenvalue weighted by Gasteiger charge is 2.21. The van der Waals surface area contributed by atoms with Crippen molar-refractivity contribution in [3.05, 3.63) is 27.5 Å². The van der Waals surface area contributed by atoms with Crippen LogP contribution in [0.1, 0.15) is 31.0 Å². The van der Waals surface area contributed by atoms with Gasteiger partial charge in [0, 0.05) is 35.4 Å². The topological polar surface area (TPSA) is 28.2 Å². The van der Waals surface area contributed by atoms with E-state index in [4.69, 9.17) is 23.2 Å². The number of likely N-dealkylation sites (N-methyl/N-ethyl adjacent to an activating group) is 1. The number of halogens is 2. The molecular formula is C14H21Cl2N3. The van der Waals surface area contributed by atoms with Crippen LogP contribution in [-0.4, -0.2) is 35.6 Å². The third-order valence-electron chi connectivity index (χ3n) is 3.70. The van der Waals surface area contributed by atoms with Crippen molar-refractivity contribution >= 4 is 23.2 Å². The second-order valence-electron chi connectivity index (χ2n) is 5.08. The molecule has 1 aliphatic heterocycles. The van der Waals surface area contributed by atoms with E-state index in [2.05, 4.69) is 22.1 Å². The van der Waals surface area contributed by atoms with Crippen LogP contribution in [-0.2, 0) is 6.54 Å². The van der Waals surface area contributed by atoms with Gasteiger partial charge in [0.25, 0.3) is 0 Å². The van der Waals surface area contributed by atoms with Gasteiger partial charge in [-0.2, -0.15) is 0 Å². The summed E-state index contributed by atoms with van der Waals surface area (Å²) in [6, 6.07) is 2.45. The van der Waals surface area contributed by atoms with Gasteiger partial charge in [-0.05, 0) is 38.9 Å². The van der Waals surface area contributed by atoms with Crippen LogP contribution >= 0.6 is 23.2 Å². The van der Waals surface area contributed by atoms with Crippen molar-refractivity contribution in [3.8, 4) is 0 Å². The number of pyridine rings is 1.